The SMILES string of the molecule is CC(C)C(N)C(=O)N(C)C(C)c1ccccc1. The summed E-state index contributed by atoms with van der Waals surface area (Å²) in [5, 5.41) is 0. The average Bonchev–Trinajstić information content (AvgIpc) is 2.36. The standard InChI is InChI=1S/C14H22N2O/c1-10(2)13(15)14(17)16(4)11(3)12-8-6-5-7-9-12/h5-11,13H,15H2,1-4H3. The fraction of sp³-hybridized carbons (Fsp3) is 0.500. The third-order valence-electron chi connectivity index (χ3n) is 3.21. The molecule has 17 heavy (non-hydrogen) atoms. The van der Waals surface area contributed by atoms with E-state index in [4.69, 9.17) is 5.73 Å². The predicted octanol–water partition coefficient (Wildman–Crippen LogP) is 2.19. The third kappa shape index (κ3) is 3.30. The highest BCUT2D eigenvalue weighted by Crippen LogP contribution is 2.19. The second-order valence-corrected chi connectivity index (χ2v) is 4.81. The van der Waals surface area contributed by atoms with Gasteiger partial charge >= 0.3 is 0 Å². The molecule has 2 atom stereocenters. The van der Waals surface area contributed by atoms with Gasteiger partial charge in [-0.3, -0.25) is 4.79 Å². The lowest BCUT2D eigenvalue weighted by Crippen LogP contribution is -2.45. The Morgan fingerprint density at radius 1 is 1.18 bits per heavy atom. The molecule has 3 nitrogen and oxygen atoms in total. The third-order valence-corrected chi connectivity index (χ3v) is 3.21. The van der Waals surface area contributed by atoms with Crippen molar-refractivity contribution in [2.75, 3.05) is 7.05 Å². The minimum absolute atomic E-state index is 0.00338. The molecular weight excluding hydrogens is 212 g/mol. The fourth-order valence-electron chi connectivity index (χ4n) is 1.67. The van der Waals surface area contributed by atoms with Crippen LogP contribution < -0.4 is 5.73 Å². The number of carbonyl (C=O) groups is 1. The van der Waals surface area contributed by atoms with Crippen molar-refractivity contribution in [1.82, 2.24) is 4.90 Å². The van der Waals surface area contributed by atoms with Crippen LogP contribution in [-0.4, -0.2) is 23.9 Å². The Morgan fingerprint density at radius 3 is 2.18 bits per heavy atom. The molecule has 2 N–H and O–H groups in total. The Bertz CT molecular complexity index is 362. The van der Waals surface area contributed by atoms with Gasteiger partial charge in [0.25, 0.3) is 0 Å². The van der Waals surface area contributed by atoms with Crippen LogP contribution in [0.15, 0.2) is 30.3 Å². The van der Waals surface area contributed by atoms with Crippen molar-refractivity contribution in [3.05, 3.63) is 35.9 Å². The van der Waals surface area contributed by atoms with E-state index in [9.17, 15) is 4.79 Å². The normalized spacial score (nSPS) is 14.5. The van der Waals surface area contributed by atoms with Gasteiger partial charge in [0, 0.05) is 7.05 Å². The number of hydrogen-bond acceptors (Lipinski definition) is 2. The highest BCUT2D eigenvalue weighted by atomic mass is 16.2. The van der Waals surface area contributed by atoms with Crippen LogP contribution in [0, 0.1) is 5.92 Å². The zero-order chi connectivity index (χ0) is 13.0. The summed E-state index contributed by atoms with van der Waals surface area (Å²) in [6.45, 7) is 5.94. The van der Waals surface area contributed by atoms with Crippen molar-refractivity contribution in [3.63, 3.8) is 0 Å². The molecule has 1 aromatic rings. The molecule has 0 bridgehead atoms. The molecule has 94 valence electrons. The van der Waals surface area contributed by atoms with Crippen molar-refractivity contribution >= 4 is 5.91 Å². The number of carbonyl (C=O) groups excluding carboxylic acids is 1. The minimum Gasteiger partial charge on any atom is -0.338 e. The molecule has 0 fully saturated rings. The summed E-state index contributed by atoms with van der Waals surface area (Å²) in [6, 6.07) is 9.60. The molecule has 0 radical (unpaired) electrons. The maximum Gasteiger partial charge on any atom is 0.239 e. The second kappa shape index (κ2) is 5.82. The first kappa shape index (κ1) is 13.7. The number of nitrogens with zero attached hydrogens (tertiary/aromatic N) is 1. The van der Waals surface area contributed by atoms with E-state index >= 15 is 0 Å². The summed E-state index contributed by atoms with van der Waals surface area (Å²) in [6.07, 6.45) is 0. The average molecular weight is 234 g/mol. The topological polar surface area (TPSA) is 46.3 Å². The molecule has 0 spiro atoms. The predicted molar refractivity (Wildman–Crippen MR) is 70.4 cm³/mol. The van der Waals surface area contributed by atoms with E-state index in [1.54, 1.807) is 4.90 Å². The van der Waals surface area contributed by atoms with Gasteiger partial charge in [-0.15, -0.1) is 0 Å². The van der Waals surface area contributed by atoms with E-state index in [1.807, 2.05) is 58.2 Å². The molecule has 1 rings (SSSR count). The van der Waals surface area contributed by atoms with Crippen LogP contribution in [0.4, 0.5) is 0 Å². The lowest BCUT2D eigenvalue weighted by atomic mass is 10.0. The molecule has 0 heterocycles. The molecule has 1 aromatic carbocycles. The van der Waals surface area contributed by atoms with Crippen LogP contribution in [0.2, 0.25) is 0 Å². The van der Waals surface area contributed by atoms with Gasteiger partial charge in [-0.25, -0.2) is 0 Å². The second-order valence-electron chi connectivity index (χ2n) is 4.81. The summed E-state index contributed by atoms with van der Waals surface area (Å²) in [7, 11) is 1.81. The van der Waals surface area contributed by atoms with Gasteiger partial charge in [0.15, 0.2) is 0 Å². The Hall–Kier alpha value is -1.35. The summed E-state index contributed by atoms with van der Waals surface area (Å²) in [5.74, 6) is 0.157. The molecule has 1 amide bonds. The maximum absolute atomic E-state index is 12.1. The maximum atomic E-state index is 12.1. The number of likely N-dealkylation sites (N-methyl/N-ethyl adjacent to an activating group) is 1. The van der Waals surface area contributed by atoms with Gasteiger partial charge in [-0.05, 0) is 18.4 Å². The highest BCUT2D eigenvalue weighted by molar-refractivity contribution is 5.82. The Morgan fingerprint density at radius 2 is 1.71 bits per heavy atom. The largest absolute Gasteiger partial charge is 0.338 e. The molecule has 0 aliphatic heterocycles. The smallest absolute Gasteiger partial charge is 0.239 e. The van der Waals surface area contributed by atoms with Crippen LogP contribution >= 0.6 is 0 Å². The molecule has 3 heteroatoms. The first-order valence-electron chi connectivity index (χ1n) is 6.02. The van der Waals surface area contributed by atoms with Crippen molar-refractivity contribution in [3.8, 4) is 0 Å². The van der Waals surface area contributed by atoms with E-state index in [0.717, 1.165) is 5.56 Å². The van der Waals surface area contributed by atoms with Crippen LogP contribution in [0.1, 0.15) is 32.4 Å². The molecule has 0 aromatic heterocycles. The van der Waals surface area contributed by atoms with Gasteiger partial charge in [-0.2, -0.15) is 0 Å². The van der Waals surface area contributed by atoms with E-state index in [-0.39, 0.29) is 17.9 Å². The van der Waals surface area contributed by atoms with Gasteiger partial charge in [0.1, 0.15) is 0 Å². The quantitative estimate of drug-likeness (QED) is 0.868. The zero-order valence-corrected chi connectivity index (χ0v) is 11.1. The summed E-state index contributed by atoms with van der Waals surface area (Å²) in [4.78, 5) is 13.8. The monoisotopic (exact) mass is 234 g/mol. The number of nitrogens with two attached hydrogens (primary N) is 1. The minimum atomic E-state index is -0.425. The van der Waals surface area contributed by atoms with Gasteiger partial charge in [0.2, 0.25) is 5.91 Å². The number of rotatable bonds is 4. The molecular formula is C14H22N2O. The van der Waals surface area contributed by atoms with Gasteiger partial charge in [0.05, 0.1) is 12.1 Å². The first-order valence-corrected chi connectivity index (χ1v) is 6.02. The molecule has 2 unspecified atom stereocenters. The van der Waals surface area contributed by atoms with E-state index in [2.05, 4.69) is 0 Å². The van der Waals surface area contributed by atoms with Crippen molar-refractivity contribution in [1.29, 1.82) is 0 Å². The lowest BCUT2D eigenvalue weighted by molar-refractivity contribution is -0.134. The first-order chi connectivity index (χ1) is 7.95. The van der Waals surface area contributed by atoms with E-state index in [0.29, 0.717) is 0 Å². The highest BCUT2D eigenvalue weighted by Gasteiger charge is 2.24. The zero-order valence-electron chi connectivity index (χ0n) is 11.1. The Labute approximate surface area is 104 Å². The van der Waals surface area contributed by atoms with Crippen LogP contribution in [0.25, 0.3) is 0 Å². The van der Waals surface area contributed by atoms with E-state index < -0.39 is 6.04 Å². The van der Waals surface area contributed by atoms with Crippen LogP contribution in [0.3, 0.4) is 0 Å². The Balaban J connectivity index is 2.77. The molecule has 0 aliphatic rings. The molecule has 0 saturated carbocycles. The molecule has 0 saturated heterocycles. The summed E-state index contributed by atoms with van der Waals surface area (Å²) >= 11 is 0. The number of amides is 1. The fourth-order valence-corrected chi connectivity index (χ4v) is 1.67. The van der Waals surface area contributed by atoms with Crippen LogP contribution in [0.5, 0.6) is 0 Å². The molecule has 0 aliphatic carbocycles. The van der Waals surface area contributed by atoms with Crippen molar-refractivity contribution in [2.24, 2.45) is 11.7 Å². The van der Waals surface area contributed by atoms with Gasteiger partial charge in [-0.1, -0.05) is 44.2 Å². The van der Waals surface area contributed by atoms with Crippen LogP contribution in [-0.2, 0) is 4.79 Å². The van der Waals surface area contributed by atoms with E-state index in [1.165, 1.54) is 0 Å². The Kier molecular flexibility index (Phi) is 4.70. The summed E-state index contributed by atoms with van der Waals surface area (Å²) < 4.78 is 0. The number of benzene rings is 1. The van der Waals surface area contributed by atoms with Gasteiger partial charge < -0.3 is 10.6 Å². The van der Waals surface area contributed by atoms with Crippen molar-refractivity contribution in [2.45, 2.75) is 32.9 Å². The van der Waals surface area contributed by atoms with Crippen molar-refractivity contribution < 1.29 is 4.79 Å². The number of hydrogen-bond donors (Lipinski definition) is 1. The summed E-state index contributed by atoms with van der Waals surface area (Å²) in [5.41, 5.74) is 7.01. The lowest BCUT2D eigenvalue weighted by Gasteiger charge is -2.29.